The predicted octanol–water partition coefficient (Wildman–Crippen LogP) is 4.31. The molecule has 0 saturated carbocycles. The van der Waals surface area contributed by atoms with Gasteiger partial charge in [-0.3, -0.25) is 4.79 Å². The molecule has 1 N–H and O–H groups in total. The van der Waals surface area contributed by atoms with Crippen LogP contribution in [0.15, 0.2) is 22.7 Å². The molecule has 0 radical (unpaired) electrons. The molecule has 1 aromatic rings. The lowest BCUT2D eigenvalue weighted by Gasteiger charge is -2.25. The fraction of sp³-hybridized carbons (Fsp3) is 0.533. The second-order valence-electron chi connectivity index (χ2n) is 5.21. The first-order valence-electron chi connectivity index (χ1n) is 7.09. The summed E-state index contributed by atoms with van der Waals surface area (Å²) in [6, 6.07) is 5.36. The van der Waals surface area contributed by atoms with Crippen molar-refractivity contribution in [2.75, 3.05) is 18.4 Å². The molecule has 1 fully saturated rings. The number of hydrogen-bond donors (Lipinski definition) is 1. The van der Waals surface area contributed by atoms with E-state index in [0.29, 0.717) is 5.02 Å². The van der Waals surface area contributed by atoms with E-state index in [9.17, 15) is 4.79 Å². The largest absolute Gasteiger partial charge is 0.373 e. The van der Waals surface area contributed by atoms with Gasteiger partial charge in [0.25, 0.3) is 0 Å². The van der Waals surface area contributed by atoms with E-state index in [1.54, 1.807) is 0 Å². The van der Waals surface area contributed by atoms with Crippen LogP contribution in [0.2, 0.25) is 5.02 Å². The maximum Gasteiger partial charge on any atom is 0.244 e. The Kier molecular flexibility index (Phi) is 5.73. The van der Waals surface area contributed by atoms with Crippen molar-refractivity contribution in [2.24, 2.45) is 0 Å². The summed E-state index contributed by atoms with van der Waals surface area (Å²) in [5.74, 6) is 0.166. The highest BCUT2D eigenvalue weighted by Crippen LogP contribution is 2.30. The monoisotopic (exact) mass is 358 g/mol. The van der Waals surface area contributed by atoms with E-state index in [0.717, 1.165) is 36.1 Å². The lowest BCUT2D eigenvalue weighted by Crippen LogP contribution is -2.41. The Morgan fingerprint density at radius 1 is 1.30 bits per heavy atom. The number of anilines is 1. The Labute approximate surface area is 133 Å². The number of rotatable bonds is 3. The zero-order chi connectivity index (χ0) is 14.5. The minimum absolute atomic E-state index is 0.166. The van der Waals surface area contributed by atoms with Gasteiger partial charge >= 0.3 is 0 Å². The van der Waals surface area contributed by atoms with Crippen molar-refractivity contribution >= 4 is 39.1 Å². The normalized spacial score (nSPS) is 17.4. The molecule has 0 bridgehead atoms. The number of benzene rings is 1. The van der Waals surface area contributed by atoms with Crippen LogP contribution in [0.25, 0.3) is 0 Å². The van der Waals surface area contributed by atoms with Crippen LogP contribution in [0.4, 0.5) is 5.69 Å². The Morgan fingerprint density at radius 3 is 2.60 bits per heavy atom. The van der Waals surface area contributed by atoms with Gasteiger partial charge in [0.1, 0.15) is 6.04 Å². The molecule has 1 amide bonds. The minimum atomic E-state index is -0.247. The second-order valence-corrected chi connectivity index (χ2v) is 6.41. The van der Waals surface area contributed by atoms with E-state index in [4.69, 9.17) is 11.6 Å². The van der Waals surface area contributed by atoms with E-state index < -0.39 is 0 Å². The van der Waals surface area contributed by atoms with Crippen molar-refractivity contribution in [3.63, 3.8) is 0 Å². The number of carbonyl (C=O) groups excluding carboxylic acids is 1. The Morgan fingerprint density at radius 2 is 1.95 bits per heavy atom. The van der Waals surface area contributed by atoms with Crippen LogP contribution < -0.4 is 5.32 Å². The van der Waals surface area contributed by atoms with Gasteiger partial charge in [0, 0.05) is 13.1 Å². The molecule has 3 nitrogen and oxygen atoms in total. The van der Waals surface area contributed by atoms with Crippen molar-refractivity contribution in [2.45, 2.75) is 38.6 Å². The summed E-state index contributed by atoms with van der Waals surface area (Å²) in [5, 5.41) is 3.89. The molecular weight excluding hydrogens is 340 g/mol. The van der Waals surface area contributed by atoms with Crippen LogP contribution in [0.5, 0.6) is 0 Å². The summed E-state index contributed by atoms with van der Waals surface area (Å²) < 4.78 is 0.803. The number of hydrogen-bond acceptors (Lipinski definition) is 2. The van der Waals surface area contributed by atoms with E-state index in [2.05, 4.69) is 21.2 Å². The molecule has 5 heteroatoms. The van der Waals surface area contributed by atoms with Crippen LogP contribution in [-0.4, -0.2) is 29.9 Å². The van der Waals surface area contributed by atoms with Gasteiger partial charge < -0.3 is 10.2 Å². The van der Waals surface area contributed by atoms with Gasteiger partial charge in [0.15, 0.2) is 0 Å². The van der Waals surface area contributed by atoms with Crippen LogP contribution in [0.3, 0.4) is 0 Å². The van der Waals surface area contributed by atoms with Crippen molar-refractivity contribution in [3.05, 3.63) is 27.7 Å². The summed E-state index contributed by atoms with van der Waals surface area (Å²) >= 11 is 9.51. The SMILES string of the molecule is CC(Nc1cccc(Cl)c1Br)C(=O)N1CCCCCC1. The lowest BCUT2D eigenvalue weighted by molar-refractivity contribution is -0.131. The molecule has 1 heterocycles. The number of amides is 1. The Bertz CT molecular complexity index is 473. The number of nitrogens with one attached hydrogen (secondary N) is 1. The van der Waals surface area contributed by atoms with Gasteiger partial charge in [-0.25, -0.2) is 0 Å². The smallest absolute Gasteiger partial charge is 0.244 e. The van der Waals surface area contributed by atoms with Gasteiger partial charge in [0.05, 0.1) is 15.2 Å². The summed E-state index contributed by atoms with van der Waals surface area (Å²) in [6.45, 7) is 3.66. The quantitative estimate of drug-likeness (QED) is 0.872. The summed E-state index contributed by atoms with van der Waals surface area (Å²) in [7, 11) is 0. The highest BCUT2D eigenvalue weighted by atomic mass is 79.9. The van der Waals surface area contributed by atoms with E-state index in [1.807, 2.05) is 30.0 Å². The number of likely N-dealkylation sites (tertiary alicyclic amines) is 1. The molecular formula is C15H20BrClN2O. The first-order valence-corrected chi connectivity index (χ1v) is 8.26. The molecule has 1 aliphatic rings. The molecule has 2 rings (SSSR count). The maximum atomic E-state index is 12.5. The third-order valence-electron chi connectivity index (χ3n) is 3.61. The standard InChI is InChI=1S/C15H20BrClN2O/c1-11(15(20)19-9-4-2-3-5-10-19)18-13-8-6-7-12(17)14(13)16/h6-8,11,18H,2-5,9-10H2,1H3. The van der Waals surface area contributed by atoms with Crippen LogP contribution in [0.1, 0.15) is 32.6 Å². The second kappa shape index (κ2) is 7.32. The van der Waals surface area contributed by atoms with Gasteiger partial charge in [0.2, 0.25) is 5.91 Å². The highest BCUT2D eigenvalue weighted by molar-refractivity contribution is 9.10. The maximum absolute atomic E-state index is 12.5. The molecule has 0 aromatic heterocycles. The number of carbonyl (C=O) groups is 1. The van der Waals surface area contributed by atoms with E-state index in [-0.39, 0.29) is 11.9 Å². The summed E-state index contributed by atoms with van der Waals surface area (Å²) in [4.78, 5) is 14.4. The zero-order valence-corrected chi connectivity index (χ0v) is 14.0. The molecule has 0 aliphatic carbocycles. The Hall–Kier alpha value is -0.740. The van der Waals surface area contributed by atoms with Crippen molar-refractivity contribution in [3.8, 4) is 0 Å². The molecule has 1 aliphatic heterocycles. The van der Waals surface area contributed by atoms with E-state index >= 15 is 0 Å². The van der Waals surface area contributed by atoms with E-state index in [1.165, 1.54) is 12.8 Å². The molecule has 1 atom stereocenters. The van der Waals surface area contributed by atoms with Crippen LogP contribution >= 0.6 is 27.5 Å². The molecule has 0 spiro atoms. The van der Waals surface area contributed by atoms with Crippen molar-refractivity contribution in [1.82, 2.24) is 4.90 Å². The average Bonchev–Trinajstić information content (AvgIpc) is 2.72. The molecule has 20 heavy (non-hydrogen) atoms. The zero-order valence-electron chi connectivity index (χ0n) is 11.7. The van der Waals surface area contributed by atoms with Gasteiger partial charge in [-0.15, -0.1) is 0 Å². The average molecular weight is 360 g/mol. The third kappa shape index (κ3) is 3.89. The first-order chi connectivity index (χ1) is 9.59. The lowest BCUT2D eigenvalue weighted by atomic mass is 10.2. The summed E-state index contributed by atoms with van der Waals surface area (Å²) in [6.07, 6.45) is 4.68. The molecule has 1 unspecified atom stereocenters. The topological polar surface area (TPSA) is 32.3 Å². The minimum Gasteiger partial charge on any atom is -0.373 e. The van der Waals surface area contributed by atoms with Crippen molar-refractivity contribution in [1.29, 1.82) is 0 Å². The summed E-state index contributed by atoms with van der Waals surface area (Å²) in [5.41, 5.74) is 0.855. The van der Waals surface area contributed by atoms with Gasteiger partial charge in [-0.1, -0.05) is 30.5 Å². The highest BCUT2D eigenvalue weighted by Gasteiger charge is 2.21. The first kappa shape index (κ1) is 15.6. The van der Waals surface area contributed by atoms with Crippen molar-refractivity contribution < 1.29 is 4.79 Å². The third-order valence-corrected chi connectivity index (χ3v) is 5.01. The molecule has 110 valence electrons. The van der Waals surface area contributed by atoms with Gasteiger partial charge in [-0.05, 0) is 47.8 Å². The van der Waals surface area contributed by atoms with Crippen LogP contribution in [0, 0.1) is 0 Å². The molecule has 1 aromatic carbocycles. The molecule has 1 saturated heterocycles. The predicted molar refractivity (Wildman–Crippen MR) is 87.3 cm³/mol. The van der Waals surface area contributed by atoms with Crippen LogP contribution in [-0.2, 0) is 4.79 Å². The Balaban J connectivity index is 2.01. The van der Waals surface area contributed by atoms with Gasteiger partial charge in [-0.2, -0.15) is 0 Å². The number of nitrogens with zero attached hydrogens (tertiary/aromatic N) is 1. The fourth-order valence-electron chi connectivity index (χ4n) is 2.48. The fourth-order valence-corrected chi connectivity index (χ4v) is 3.03. The number of halogens is 2.